The number of aryl methyl sites for hydroxylation is 2. The highest BCUT2D eigenvalue weighted by Crippen LogP contribution is 2.30. The van der Waals surface area contributed by atoms with E-state index < -0.39 is 0 Å². The molecule has 0 saturated carbocycles. The van der Waals surface area contributed by atoms with Crippen LogP contribution in [0.25, 0.3) is 10.8 Å². The maximum Gasteiger partial charge on any atom is 0.106 e. The quantitative estimate of drug-likeness (QED) is 0.713. The van der Waals surface area contributed by atoms with Crippen molar-refractivity contribution in [3.05, 3.63) is 69.6 Å². The Balaban J connectivity index is 2.08. The van der Waals surface area contributed by atoms with Crippen molar-refractivity contribution in [2.45, 2.75) is 19.9 Å². The van der Waals surface area contributed by atoms with Crippen molar-refractivity contribution in [3.8, 4) is 0 Å². The first kappa shape index (κ1) is 14.4. The van der Waals surface area contributed by atoms with Gasteiger partial charge in [-0.3, -0.25) is 0 Å². The molecule has 0 saturated heterocycles. The van der Waals surface area contributed by atoms with E-state index in [1.807, 2.05) is 20.9 Å². The topological polar surface area (TPSA) is 25.2 Å². The second kappa shape index (κ2) is 5.66. The van der Waals surface area contributed by atoms with E-state index in [-0.39, 0.29) is 6.04 Å². The molecule has 3 heteroatoms. The van der Waals surface area contributed by atoms with Gasteiger partial charge in [-0.05, 0) is 61.5 Å². The van der Waals surface area contributed by atoms with Gasteiger partial charge in [-0.1, -0.05) is 34.1 Å². The lowest BCUT2D eigenvalue weighted by Crippen LogP contribution is -2.17. The first-order valence-corrected chi connectivity index (χ1v) is 7.81. The molecule has 1 aromatic heterocycles. The Morgan fingerprint density at radius 1 is 1.00 bits per heavy atom. The van der Waals surface area contributed by atoms with Crippen LogP contribution in [0.4, 0.5) is 0 Å². The highest BCUT2D eigenvalue weighted by molar-refractivity contribution is 9.10. The maximum absolute atomic E-state index is 5.68. The average Bonchev–Trinajstić information content (AvgIpc) is 2.79. The van der Waals surface area contributed by atoms with Crippen molar-refractivity contribution in [2.24, 2.45) is 0 Å². The van der Waals surface area contributed by atoms with Crippen LogP contribution < -0.4 is 5.32 Å². The molecule has 0 amide bonds. The first-order valence-electron chi connectivity index (χ1n) is 7.02. The average molecular weight is 344 g/mol. The Labute approximate surface area is 133 Å². The molecule has 2 aromatic carbocycles. The SMILES string of the molecule is CNC(c1ccc2cc(Br)ccc2c1)c1cc(C)oc1C. The van der Waals surface area contributed by atoms with Gasteiger partial charge < -0.3 is 9.73 Å². The first-order chi connectivity index (χ1) is 10.1. The zero-order valence-electron chi connectivity index (χ0n) is 12.4. The summed E-state index contributed by atoms with van der Waals surface area (Å²) in [4.78, 5) is 0. The molecule has 0 spiro atoms. The third kappa shape index (κ3) is 2.76. The fourth-order valence-corrected chi connectivity index (χ4v) is 3.23. The van der Waals surface area contributed by atoms with Crippen molar-refractivity contribution in [2.75, 3.05) is 7.05 Å². The number of furan rings is 1. The standard InChI is InChI=1S/C18H18BrNO/c1-11-8-17(12(2)21-11)18(20-3)15-5-4-14-10-16(19)7-6-13(14)9-15/h4-10,18,20H,1-3H3. The molecule has 108 valence electrons. The van der Waals surface area contributed by atoms with Crippen molar-refractivity contribution in [1.29, 1.82) is 0 Å². The number of benzene rings is 2. The van der Waals surface area contributed by atoms with Gasteiger partial charge in [0.1, 0.15) is 11.5 Å². The summed E-state index contributed by atoms with van der Waals surface area (Å²) in [7, 11) is 1.98. The monoisotopic (exact) mass is 343 g/mol. The van der Waals surface area contributed by atoms with Crippen LogP contribution in [-0.2, 0) is 0 Å². The second-order valence-electron chi connectivity index (χ2n) is 5.34. The largest absolute Gasteiger partial charge is 0.466 e. The second-order valence-corrected chi connectivity index (χ2v) is 6.26. The molecule has 0 radical (unpaired) electrons. The van der Waals surface area contributed by atoms with Gasteiger partial charge in [0.2, 0.25) is 0 Å². The van der Waals surface area contributed by atoms with E-state index in [0.717, 1.165) is 16.0 Å². The summed E-state index contributed by atoms with van der Waals surface area (Å²) in [6.07, 6.45) is 0. The van der Waals surface area contributed by atoms with Crippen LogP contribution in [0, 0.1) is 13.8 Å². The molecule has 21 heavy (non-hydrogen) atoms. The van der Waals surface area contributed by atoms with Crippen LogP contribution >= 0.6 is 15.9 Å². The highest BCUT2D eigenvalue weighted by atomic mass is 79.9. The van der Waals surface area contributed by atoms with Gasteiger partial charge in [-0.25, -0.2) is 0 Å². The normalized spacial score (nSPS) is 12.8. The van der Waals surface area contributed by atoms with E-state index in [9.17, 15) is 0 Å². The van der Waals surface area contributed by atoms with Crippen LogP contribution in [0.5, 0.6) is 0 Å². The predicted octanol–water partition coefficient (Wildman–Crippen LogP) is 5.12. The Morgan fingerprint density at radius 3 is 2.38 bits per heavy atom. The van der Waals surface area contributed by atoms with Crippen LogP contribution in [0.1, 0.15) is 28.7 Å². The van der Waals surface area contributed by atoms with E-state index in [2.05, 4.69) is 63.7 Å². The van der Waals surface area contributed by atoms with Crippen LogP contribution in [0.15, 0.2) is 51.4 Å². The highest BCUT2D eigenvalue weighted by Gasteiger charge is 2.17. The van der Waals surface area contributed by atoms with Crippen LogP contribution in [-0.4, -0.2) is 7.05 Å². The summed E-state index contributed by atoms with van der Waals surface area (Å²) in [5.41, 5.74) is 2.45. The minimum Gasteiger partial charge on any atom is -0.466 e. The van der Waals surface area contributed by atoms with Crippen molar-refractivity contribution < 1.29 is 4.42 Å². The molecular formula is C18H18BrNO. The molecule has 3 aromatic rings. The molecular weight excluding hydrogens is 326 g/mol. The van der Waals surface area contributed by atoms with Crippen molar-refractivity contribution in [1.82, 2.24) is 5.32 Å². The van der Waals surface area contributed by atoms with E-state index >= 15 is 0 Å². The predicted molar refractivity (Wildman–Crippen MR) is 90.7 cm³/mol. The van der Waals surface area contributed by atoms with Crippen LogP contribution in [0.3, 0.4) is 0 Å². The van der Waals surface area contributed by atoms with Crippen molar-refractivity contribution in [3.63, 3.8) is 0 Å². The minimum atomic E-state index is 0.149. The Bertz CT molecular complexity index is 791. The smallest absolute Gasteiger partial charge is 0.106 e. The molecule has 1 N–H and O–H groups in total. The molecule has 0 aliphatic heterocycles. The number of nitrogens with one attached hydrogen (secondary N) is 1. The Kier molecular flexibility index (Phi) is 3.87. The summed E-state index contributed by atoms with van der Waals surface area (Å²) in [6, 6.07) is 15.2. The number of halogens is 1. The molecule has 2 nitrogen and oxygen atoms in total. The van der Waals surface area contributed by atoms with Gasteiger partial charge >= 0.3 is 0 Å². The van der Waals surface area contributed by atoms with E-state index in [1.165, 1.54) is 21.9 Å². The summed E-state index contributed by atoms with van der Waals surface area (Å²) in [5.74, 6) is 1.93. The molecule has 3 rings (SSSR count). The van der Waals surface area contributed by atoms with Gasteiger partial charge in [0, 0.05) is 10.0 Å². The number of hydrogen-bond acceptors (Lipinski definition) is 2. The molecule has 0 aliphatic carbocycles. The van der Waals surface area contributed by atoms with Gasteiger partial charge in [0.15, 0.2) is 0 Å². The molecule has 0 bridgehead atoms. The number of fused-ring (bicyclic) bond motifs is 1. The van der Waals surface area contributed by atoms with Gasteiger partial charge in [-0.2, -0.15) is 0 Å². The Morgan fingerprint density at radius 2 is 1.71 bits per heavy atom. The summed E-state index contributed by atoms with van der Waals surface area (Å²) in [5, 5.41) is 5.88. The third-order valence-corrected chi connectivity index (χ3v) is 4.33. The van der Waals surface area contributed by atoms with Gasteiger partial charge in [0.05, 0.1) is 6.04 Å². The minimum absolute atomic E-state index is 0.149. The van der Waals surface area contributed by atoms with Crippen molar-refractivity contribution >= 4 is 26.7 Å². The number of rotatable bonds is 3. The lowest BCUT2D eigenvalue weighted by Gasteiger charge is -2.17. The van der Waals surface area contributed by atoms with Gasteiger partial charge in [-0.15, -0.1) is 0 Å². The zero-order chi connectivity index (χ0) is 15.0. The lowest BCUT2D eigenvalue weighted by atomic mass is 9.96. The summed E-state index contributed by atoms with van der Waals surface area (Å²) >= 11 is 3.52. The summed E-state index contributed by atoms with van der Waals surface area (Å²) in [6.45, 7) is 4.01. The molecule has 0 fully saturated rings. The molecule has 0 aliphatic rings. The van der Waals surface area contributed by atoms with Gasteiger partial charge in [0.25, 0.3) is 0 Å². The van der Waals surface area contributed by atoms with E-state index in [0.29, 0.717) is 0 Å². The molecule has 1 unspecified atom stereocenters. The van der Waals surface area contributed by atoms with E-state index in [4.69, 9.17) is 4.42 Å². The molecule has 1 heterocycles. The molecule has 1 atom stereocenters. The van der Waals surface area contributed by atoms with E-state index in [1.54, 1.807) is 0 Å². The number of hydrogen-bond donors (Lipinski definition) is 1. The fourth-order valence-electron chi connectivity index (χ4n) is 2.85. The zero-order valence-corrected chi connectivity index (χ0v) is 14.0. The summed E-state index contributed by atoms with van der Waals surface area (Å²) < 4.78 is 6.78. The third-order valence-electron chi connectivity index (χ3n) is 3.84. The fraction of sp³-hybridized carbons (Fsp3) is 0.222. The maximum atomic E-state index is 5.68. The van der Waals surface area contributed by atoms with Crippen LogP contribution in [0.2, 0.25) is 0 Å². The Hall–Kier alpha value is -1.58. The lowest BCUT2D eigenvalue weighted by molar-refractivity contribution is 0.497.